The summed E-state index contributed by atoms with van der Waals surface area (Å²) in [5, 5.41) is 5.73. The number of aryl methyl sites for hydroxylation is 1. The fourth-order valence-electron chi connectivity index (χ4n) is 1.79. The molecule has 2 rings (SSSR count). The Morgan fingerprint density at radius 1 is 1.50 bits per heavy atom. The Morgan fingerprint density at radius 3 is 2.95 bits per heavy atom. The summed E-state index contributed by atoms with van der Waals surface area (Å²) in [6.07, 6.45) is 0. The number of thiazole rings is 1. The van der Waals surface area contributed by atoms with E-state index in [0.717, 1.165) is 10.7 Å². The number of nitrogens with zero attached hydrogens (tertiary/aromatic N) is 1. The molecular weight excluding hydrogens is 274 g/mol. The molecule has 6 heteroatoms. The molecule has 0 saturated heterocycles. The first-order valence-corrected chi connectivity index (χ1v) is 7.20. The lowest BCUT2D eigenvalue weighted by molar-refractivity contribution is 0.0947. The van der Waals surface area contributed by atoms with Crippen molar-refractivity contribution in [1.82, 2.24) is 10.3 Å². The lowest BCUT2D eigenvalue weighted by Crippen LogP contribution is -2.24. The number of hydrogen-bond acceptors (Lipinski definition) is 5. The van der Waals surface area contributed by atoms with Crippen LogP contribution in [0.15, 0.2) is 23.6 Å². The molecule has 20 heavy (non-hydrogen) atoms. The second-order valence-corrected chi connectivity index (χ2v) is 5.26. The summed E-state index contributed by atoms with van der Waals surface area (Å²) in [5.41, 5.74) is 7.60. The molecule has 5 nitrogen and oxygen atoms in total. The van der Waals surface area contributed by atoms with Gasteiger partial charge in [0.15, 0.2) is 5.75 Å². The van der Waals surface area contributed by atoms with Gasteiger partial charge in [0.1, 0.15) is 0 Å². The number of nitrogens with one attached hydrogen (secondary N) is 1. The van der Waals surface area contributed by atoms with Gasteiger partial charge < -0.3 is 15.8 Å². The molecule has 2 aromatic rings. The molecule has 0 aliphatic heterocycles. The van der Waals surface area contributed by atoms with Crippen molar-refractivity contribution >= 4 is 22.9 Å². The maximum atomic E-state index is 12.2. The number of ether oxygens (including phenoxy) is 1. The number of nitrogen functional groups attached to an aromatic ring is 1. The van der Waals surface area contributed by atoms with Gasteiger partial charge in [0.05, 0.1) is 35.1 Å². The molecule has 0 atom stereocenters. The number of rotatable bonds is 5. The van der Waals surface area contributed by atoms with Gasteiger partial charge in [-0.1, -0.05) is 6.07 Å². The highest BCUT2D eigenvalue weighted by Crippen LogP contribution is 2.26. The minimum Gasteiger partial charge on any atom is -0.491 e. The van der Waals surface area contributed by atoms with Crippen molar-refractivity contribution in [1.29, 1.82) is 0 Å². The molecule has 1 amide bonds. The van der Waals surface area contributed by atoms with Gasteiger partial charge in [-0.05, 0) is 26.0 Å². The van der Waals surface area contributed by atoms with Crippen molar-refractivity contribution in [2.75, 3.05) is 12.3 Å². The number of nitrogens with two attached hydrogens (primary N) is 1. The van der Waals surface area contributed by atoms with E-state index in [4.69, 9.17) is 10.5 Å². The lowest BCUT2D eigenvalue weighted by Gasteiger charge is -2.12. The van der Waals surface area contributed by atoms with Gasteiger partial charge in [0, 0.05) is 5.38 Å². The highest BCUT2D eigenvalue weighted by atomic mass is 32.1. The predicted molar refractivity (Wildman–Crippen MR) is 80.0 cm³/mol. The van der Waals surface area contributed by atoms with Crippen LogP contribution in [0.1, 0.15) is 28.0 Å². The molecule has 0 spiro atoms. The van der Waals surface area contributed by atoms with Crippen LogP contribution in [0, 0.1) is 6.92 Å². The van der Waals surface area contributed by atoms with Gasteiger partial charge >= 0.3 is 0 Å². The number of carbonyl (C=O) groups is 1. The van der Waals surface area contributed by atoms with Crippen molar-refractivity contribution in [3.8, 4) is 5.75 Å². The van der Waals surface area contributed by atoms with Gasteiger partial charge in [0.2, 0.25) is 0 Å². The average molecular weight is 291 g/mol. The highest BCUT2D eigenvalue weighted by Gasteiger charge is 2.14. The first-order valence-electron chi connectivity index (χ1n) is 6.32. The lowest BCUT2D eigenvalue weighted by atomic mass is 10.1. The molecule has 0 bridgehead atoms. The van der Waals surface area contributed by atoms with Crippen LogP contribution in [-0.4, -0.2) is 17.5 Å². The quantitative estimate of drug-likeness (QED) is 0.829. The summed E-state index contributed by atoms with van der Waals surface area (Å²) < 4.78 is 5.45. The molecular formula is C14H17N3O2S. The van der Waals surface area contributed by atoms with Crippen LogP contribution in [0.5, 0.6) is 5.75 Å². The molecule has 0 fully saturated rings. The number of anilines is 1. The molecule has 0 aliphatic rings. The largest absolute Gasteiger partial charge is 0.491 e. The number of carbonyl (C=O) groups excluding carboxylic acids is 1. The third kappa shape index (κ3) is 3.27. The minimum atomic E-state index is -0.216. The molecule has 0 unspecified atom stereocenters. The van der Waals surface area contributed by atoms with Gasteiger partial charge in [-0.25, -0.2) is 4.98 Å². The SMILES string of the molecule is CCOc1c(N)cccc1C(=O)NCc1csc(C)n1. The van der Waals surface area contributed by atoms with Crippen LogP contribution in [0.25, 0.3) is 0 Å². The van der Waals surface area contributed by atoms with E-state index in [1.54, 1.807) is 29.5 Å². The second kappa shape index (κ2) is 6.38. The summed E-state index contributed by atoms with van der Waals surface area (Å²) in [7, 11) is 0. The first kappa shape index (κ1) is 14.3. The van der Waals surface area contributed by atoms with Crippen molar-refractivity contribution in [3.05, 3.63) is 39.8 Å². The monoisotopic (exact) mass is 291 g/mol. The Morgan fingerprint density at radius 2 is 2.30 bits per heavy atom. The summed E-state index contributed by atoms with van der Waals surface area (Å²) in [5.74, 6) is 0.216. The predicted octanol–water partition coefficient (Wildman–Crippen LogP) is 2.36. The zero-order valence-corrected chi connectivity index (χ0v) is 12.3. The molecule has 1 aromatic carbocycles. The number of hydrogen-bond donors (Lipinski definition) is 2. The summed E-state index contributed by atoms with van der Waals surface area (Å²) in [6, 6.07) is 5.15. The summed E-state index contributed by atoms with van der Waals surface area (Å²) in [6.45, 7) is 4.64. The second-order valence-electron chi connectivity index (χ2n) is 4.20. The van der Waals surface area contributed by atoms with Gasteiger partial charge in [-0.2, -0.15) is 0 Å². The molecule has 0 radical (unpaired) electrons. The number of benzene rings is 1. The smallest absolute Gasteiger partial charge is 0.255 e. The van der Waals surface area contributed by atoms with E-state index in [-0.39, 0.29) is 5.91 Å². The zero-order valence-electron chi connectivity index (χ0n) is 11.5. The van der Waals surface area contributed by atoms with E-state index in [0.29, 0.717) is 30.2 Å². The number of aromatic nitrogens is 1. The van der Waals surface area contributed by atoms with E-state index in [1.165, 1.54) is 0 Å². The summed E-state index contributed by atoms with van der Waals surface area (Å²) >= 11 is 1.56. The van der Waals surface area contributed by atoms with Gasteiger partial charge in [0.25, 0.3) is 5.91 Å². The van der Waals surface area contributed by atoms with E-state index >= 15 is 0 Å². The van der Waals surface area contributed by atoms with Crippen molar-refractivity contribution in [3.63, 3.8) is 0 Å². The zero-order chi connectivity index (χ0) is 14.5. The third-order valence-corrected chi connectivity index (χ3v) is 3.50. The van der Waals surface area contributed by atoms with Crippen LogP contribution in [0.4, 0.5) is 5.69 Å². The Kier molecular flexibility index (Phi) is 4.57. The molecule has 3 N–H and O–H groups in total. The van der Waals surface area contributed by atoms with E-state index in [1.807, 2.05) is 19.2 Å². The van der Waals surface area contributed by atoms with Crippen LogP contribution in [0.2, 0.25) is 0 Å². The fourth-order valence-corrected chi connectivity index (χ4v) is 2.41. The first-order chi connectivity index (χ1) is 9.61. The number of amides is 1. The maximum absolute atomic E-state index is 12.2. The van der Waals surface area contributed by atoms with E-state index < -0.39 is 0 Å². The molecule has 106 valence electrons. The number of para-hydroxylation sites is 1. The van der Waals surface area contributed by atoms with Gasteiger partial charge in [-0.3, -0.25) is 4.79 Å². The Balaban J connectivity index is 2.10. The highest BCUT2D eigenvalue weighted by molar-refractivity contribution is 7.09. The summed E-state index contributed by atoms with van der Waals surface area (Å²) in [4.78, 5) is 16.5. The van der Waals surface area contributed by atoms with E-state index in [2.05, 4.69) is 10.3 Å². The minimum absolute atomic E-state index is 0.216. The third-order valence-electron chi connectivity index (χ3n) is 2.68. The Hall–Kier alpha value is -2.08. The normalized spacial score (nSPS) is 10.3. The Bertz CT molecular complexity index is 610. The van der Waals surface area contributed by atoms with Crippen molar-refractivity contribution in [2.24, 2.45) is 0 Å². The molecule has 1 aromatic heterocycles. The fraction of sp³-hybridized carbons (Fsp3) is 0.286. The standard InChI is InChI=1S/C14H17N3O2S/c1-3-19-13-11(5-4-6-12(13)15)14(18)16-7-10-8-20-9(2)17-10/h4-6,8H,3,7,15H2,1-2H3,(H,16,18). The van der Waals surface area contributed by atoms with Crippen LogP contribution < -0.4 is 15.8 Å². The maximum Gasteiger partial charge on any atom is 0.255 e. The topological polar surface area (TPSA) is 77.2 Å². The van der Waals surface area contributed by atoms with Crippen molar-refractivity contribution in [2.45, 2.75) is 20.4 Å². The van der Waals surface area contributed by atoms with E-state index in [9.17, 15) is 4.79 Å². The molecule has 1 heterocycles. The van der Waals surface area contributed by atoms with Crippen LogP contribution in [0.3, 0.4) is 0 Å². The van der Waals surface area contributed by atoms with Crippen molar-refractivity contribution < 1.29 is 9.53 Å². The van der Waals surface area contributed by atoms with Gasteiger partial charge in [-0.15, -0.1) is 11.3 Å². The molecule has 0 aliphatic carbocycles. The Labute approximate surface area is 121 Å². The van der Waals surface area contributed by atoms with Crippen LogP contribution >= 0.6 is 11.3 Å². The molecule has 0 saturated carbocycles. The average Bonchev–Trinajstić information content (AvgIpc) is 2.84. The van der Waals surface area contributed by atoms with Crippen LogP contribution in [-0.2, 0) is 6.54 Å².